The summed E-state index contributed by atoms with van der Waals surface area (Å²) in [5.74, 6) is -0.122. The zero-order valence-corrected chi connectivity index (χ0v) is 11.3. The minimum atomic E-state index is -0.400. The molecule has 1 saturated carbocycles. The van der Waals surface area contributed by atoms with Gasteiger partial charge >= 0.3 is 0 Å². The highest BCUT2D eigenvalue weighted by Gasteiger charge is 2.27. The van der Waals surface area contributed by atoms with Crippen molar-refractivity contribution in [3.05, 3.63) is 33.8 Å². The van der Waals surface area contributed by atoms with E-state index in [1.54, 1.807) is 6.07 Å². The van der Waals surface area contributed by atoms with E-state index >= 15 is 0 Å². The molecule has 92 valence electrons. The maximum absolute atomic E-state index is 12.0. The molecule has 0 spiro atoms. The Kier molecular flexibility index (Phi) is 3.84. The maximum Gasteiger partial charge on any atom is 0.252 e. The molecular weight excluding hydrogens is 282 g/mol. The fourth-order valence-corrected chi connectivity index (χ4v) is 2.83. The monoisotopic (exact) mass is 297 g/mol. The largest absolute Gasteiger partial charge is 0.391 e. The third-order valence-electron chi connectivity index (χ3n) is 3.17. The van der Waals surface area contributed by atoms with Crippen molar-refractivity contribution >= 4 is 21.8 Å². The van der Waals surface area contributed by atoms with Gasteiger partial charge in [-0.05, 0) is 59.8 Å². The molecule has 0 unspecified atom stereocenters. The Balaban J connectivity index is 2.09. The number of nitrogens with one attached hydrogen (secondary N) is 1. The molecule has 0 radical (unpaired) electrons. The number of carbonyl (C=O) groups excluding carboxylic acids is 1. The average Bonchev–Trinajstić information content (AvgIpc) is 2.64. The molecule has 0 bridgehead atoms. The molecule has 1 aliphatic carbocycles. The number of aliphatic hydroxyl groups is 1. The van der Waals surface area contributed by atoms with Gasteiger partial charge in [-0.3, -0.25) is 4.79 Å². The van der Waals surface area contributed by atoms with Crippen molar-refractivity contribution < 1.29 is 9.90 Å². The molecule has 0 heterocycles. The zero-order chi connectivity index (χ0) is 12.4. The van der Waals surface area contributed by atoms with Crippen LogP contribution in [0.25, 0.3) is 0 Å². The van der Waals surface area contributed by atoms with Gasteiger partial charge in [0, 0.05) is 4.47 Å². The Morgan fingerprint density at radius 3 is 2.82 bits per heavy atom. The second kappa shape index (κ2) is 5.19. The topological polar surface area (TPSA) is 49.3 Å². The number of carbonyl (C=O) groups is 1. The lowest BCUT2D eigenvalue weighted by atomic mass is 10.1. The second-order valence-corrected chi connectivity index (χ2v) is 5.42. The number of hydrogen-bond acceptors (Lipinski definition) is 2. The van der Waals surface area contributed by atoms with Crippen LogP contribution in [0.4, 0.5) is 0 Å². The minimum absolute atomic E-state index is 0.101. The molecule has 1 fully saturated rings. The molecule has 2 N–H and O–H groups in total. The number of aryl methyl sites for hydroxylation is 1. The fraction of sp³-hybridized carbons (Fsp3) is 0.462. The summed E-state index contributed by atoms with van der Waals surface area (Å²) in [5, 5.41) is 12.6. The summed E-state index contributed by atoms with van der Waals surface area (Å²) in [6, 6.07) is 5.52. The van der Waals surface area contributed by atoms with Gasteiger partial charge in [0.05, 0.1) is 17.7 Å². The first kappa shape index (κ1) is 12.6. The first-order valence-electron chi connectivity index (χ1n) is 5.83. The van der Waals surface area contributed by atoms with Crippen molar-refractivity contribution in [1.29, 1.82) is 0 Å². The van der Waals surface area contributed by atoms with Crippen LogP contribution in [0.2, 0.25) is 0 Å². The zero-order valence-electron chi connectivity index (χ0n) is 9.74. The first-order chi connectivity index (χ1) is 8.08. The number of amides is 1. The minimum Gasteiger partial charge on any atom is -0.391 e. The molecule has 0 aromatic heterocycles. The maximum atomic E-state index is 12.0. The van der Waals surface area contributed by atoms with Crippen LogP contribution in [0.1, 0.15) is 35.2 Å². The second-order valence-electron chi connectivity index (χ2n) is 4.56. The van der Waals surface area contributed by atoms with E-state index in [-0.39, 0.29) is 11.9 Å². The van der Waals surface area contributed by atoms with E-state index in [0.29, 0.717) is 5.56 Å². The van der Waals surface area contributed by atoms with Gasteiger partial charge in [0.15, 0.2) is 0 Å². The molecular formula is C13H16BrNO2. The van der Waals surface area contributed by atoms with Crippen molar-refractivity contribution in [3.63, 3.8) is 0 Å². The van der Waals surface area contributed by atoms with E-state index < -0.39 is 6.10 Å². The van der Waals surface area contributed by atoms with Crippen LogP contribution in [-0.4, -0.2) is 23.2 Å². The van der Waals surface area contributed by atoms with E-state index in [1.165, 1.54) is 0 Å². The molecule has 0 saturated heterocycles. The molecule has 1 aromatic carbocycles. The van der Waals surface area contributed by atoms with Crippen LogP contribution in [-0.2, 0) is 0 Å². The molecule has 3 nitrogen and oxygen atoms in total. The standard InChI is InChI=1S/C13H16BrNO2/c1-8-5-6-9(10(14)7-8)13(17)15-11-3-2-4-12(11)16/h5-7,11-12,16H,2-4H2,1H3,(H,15,17)/t11-,12+/m0/s1. The Labute approximate surface area is 109 Å². The van der Waals surface area contributed by atoms with E-state index in [9.17, 15) is 9.90 Å². The van der Waals surface area contributed by atoms with Crippen LogP contribution < -0.4 is 5.32 Å². The number of rotatable bonds is 2. The number of halogens is 1. The lowest BCUT2D eigenvalue weighted by Crippen LogP contribution is -2.39. The third kappa shape index (κ3) is 2.87. The van der Waals surface area contributed by atoms with Crippen LogP contribution in [0, 0.1) is 6.92 Å². The molecule has 2 atom stereocenters. The molecule has 1 aromatic rings. The van der Waals surface area contributed by atoms with Gasteiger partial charge in [-0.25, -0.2) is 0 Å². The lowest BCUT2D eigenvalue weighted by molar-refractivity contribution is 0.0872. The van der Waals surface area contributed by atoms with Gasteiger partial charge in [0.1, 0.15) is 0 Å². The molecule has 0 aliphatic heterocycles. The summed E-state index contributed by atoms with van der Waals surface area (Å²) >= 11 is 3.39. The van der Waals surface area contributed by atoms with Crippen molar-refractivity contribution in [2.24, 2.45) is 0 Å². The summed E-state index contributed by atoms with van der Waals surface area (Å²) < 4.78 is 0.794. The Morgan fingerprint density at radius 1 is 1.47 bits per heavy atom. The molecule has 1 amide bonds. The van der Waals surface area contributed by atoms with E-state index in [2.05, 4.69) is 21.2 Å². The molecule has 2 rings (SSSR count). The normalized spacial score (nSPS) is 23.7. The van der Waals surface area contributed by atoms with Gasteiger partial charge in [-0.2, -0.15) is 0 Å². The molecule has 1 aliphatic rings. The lowest BCUT2D eigenvalue weighted by Gasteiger charge is -2.17. The Bertz CT molecular complexity index is 433. The van der Waals surface area contributed by atoms with Crippen LogP contribution in [0.15, 0.2) is 22.7 Å². The van der Waals surface area contributed by atoms with Crippen molar-refractivity contribution in [2.45, 2.75) is 38.3 Å². The van der Waals surface area contributed by atoms with E-state index in [0.717, 1.165) is 29.3 Å². The predicted octanol–water partition coefficient (Wildman–Crippen LogP) is 2.40. The van der Waals surface area contributed by atoms with Crippen molar-refractivity contribution in [1.82, 2.24) is 5.32 Å². The van der Waals surface area contributed by atoms with Crippen LogP contribution in [0.5, 0.6) is 0 Å². The fourth-order valence-electron chi connectivity index (χ4n) is 2.16. The van der Waals surface area contributed by atoms with Gasteiger partial charge in [-0.15, -0.1) is 0 Å². The van der Waals surface area contributed by atoms with Crippen LogP contribution >= 0.6 is 15.9 Å². The average molecular weight is 298 g/mol. The summed E-state index contributed by atoms with van der Waals surface area (Å²) in [7, 11) is 0. The van der Waals surface area contributed by atoms with Gasteiger partial charge in [0.2, 0.25) is 0 Å². The van der Waals surface area contributed by atoms with Gasteiger partial charge in [0.25, 0.3) is 5.91 Å². The highest BCUT2D eigenvalue weighted by atomic mass is 79.9. The molecule has 4 heteroatoms. The number of hydrogen-bond donors (Lipinski definition) is 2. The third-order valence-corrected chi connectivity index (χ3v) is 3.82. The SMILES string of the molecule is Cc1ccc(C(=O)N[C@H]2CCC[C@H]2O)c(Br)c1. The summed E-state index contributed by atoms with van der Waals surface area (Å²) in [4.78, 5) is 12.0. The summed E-state index contributed by atoms with van der Waals surface area (Å²) in [5.41, 5.74) is 1.73. The van der Waals surface area contributed by atoms with Crippen molar-refractivity contribution in [2.75, 3.05) is 0 Å². The Hall–Kier alpha value is -0.870. The quantitative estimate of drug-likeness (QED) is 0.881. The van der Waals surface area contributed by atoms with Crippen LogP contribution in [0.3, 0.4) is 0 Å². The summed E-state index contributed by atoms with van der Waals surface area (Å²) in [6.07, 6.45) is 2.21. The smallest absolute Gasteiger partial charge is 0.252 e. The number of aliphatic hydroxyl groups excluding tert-OH is 1. The van der Waals surface area contributed by atoms with Gasteiger partial charge in [-0.1, -0.05) is 6.07 Å². The van der Waals surface area contributed by atoms with Crippen molar-refractivity contribution in [3.8, 4) is 0 Å². The highest BCUT2D eigenvalue weighted by Crippen LogP contribution is 2.21. The summed E-state index contributed by atoms with van der Waals surface area (Å²) in [6.45, 7) is 1.98. The Morgan fingerprint density at radius 2 is 2.24 bits per heavy atom. The predicted molar refractivity (Wildman–Crippen MR) is 70.0 cm³/mol. The first-order valence-corrected chi connectivity index (χ1v) is 6.62. The van der Waals surface area contributed by atoms with Gasteiger partial charge < -0.3 is 10.4 Å². The van der Waals surface area contributed by atoms with E-state index in [1.807, 2.05) is 19.1 Å². The molecule has 17 heavy (non-hydrogen) atoms. The van der Waals surface area contributed by atoms with E-state index in [4.69, 9.17) is 0 Å². The highest BCUT2D eigenvalue weighted by molar-refractivity contribution is 9.10. The number of benzene rings is 1.